The third-order valence-electron chi connectivity index (χ3n) is 2.35. The summed E-state index contributed by atoms with van der Waals surface area (Å²) in [5.74, 6) is 0. The Kier molecular flexibility index (Phi) is 3.84. The summed E-state index contributed by atoms with van der Waals surface area (Å²) in [6.07, 6.45) is 0.986. The minimum absolute atomic E-state index is 0.785. The van der Waals surface area contributed by atoms with Gasteiger partial charge in [-0.1, -0.05) is 41.9 Å². The topological polar surface area (TPSA) is 12.0 Å². The van der Waals surface area contributed by atoms with E-state index in [4.69, 9.17) is 11.6 Å². The van der Waals surface area contributed by atoms with E-state index in [-0.39, 0.29) is 0 Å². The average Bonchev–Trinajstić information content (AvgIpc) is 2.33. The van der Waals surface area contributed by atoms with Crippen molar-refractivity contribution in [2.75, 3.05) is 11.9 Å². The molecule has 16 heavy (non-hydrogen) atoms. The molecule has 0 bridgehead atoms. The van der Waals surface area contributed by atoms with Gasteiger partial charge in [0, 0.05) is 23.3 Å². The van der Waals surface area contributed by atoms with Gasteiger partial charge in [0.25, 0.3) is 0 Å². The zero-order valence-corrected chi connectivity index (χ0v) is 9.67. The van der Waals surface area contributed by atoms with Crippen molar-refractivity contribution in [2.45, 2.75) is 6.42 Å². The summed E-state index contributed by atoms with van der Waals surface area (Å²) in [5, 5.41) is 4.10. The molecule has 1 nitrogen and oxygen atoms in total. The number of anilines is 1. The Morgan fingerprint density at radius 1 is 1.06 bits per heavy atom. The highest BCUT2D eigenvalue weighted by Gasteiger charge is 1.94. The van der Waals surface area contributed by atoms with Crippen LogP contribution in [-0.4, -0.2) is 6.54 Å². The van der Waals surface area contributed by atoms with Crippen LogP contribution in [0.2, 0.25) is 5.02 Å². The molecule has 0 saturated heterocycles. The van der Waals surface area contributed by atoms with Crippen molar-refractivity contribution in [2.24, 2.45) is 0 Å². The van der Waals surface area contributed by atoms with E-state index >= 15 is 0 Å². The molecule has 0 unspecified atom stereocenters. The van der Waals surface area contributed by atoms with Gasteiger partial charge in [0.15, 0.2) is 0 Å². The molecule has 0 amide bonds. The van der Waals surface area contributed by atoms with E-state index in [1.165, 1.54) is 5.56 Å². The average molecular weight is 231 g/mol. The lowest BCUT2D eigenvalue weighted by molar-refractivity contribution is 1.02. The molecule has 2 aromatic rings. The highest BCUT2D eigenvalue weighted by atomic mass is 35.5. The van der Waals surface area contributed by atoms with E-state index in [2.05, 4.69) is 23.5 Å². The highest BCUT2D eigenvalue weighted by molar-refractivity contribution is 6.30. The Morgan fingerprint density at radius 3 is 2.56 bits per heavy atom. The zero-order chi connectivity index (χ0) is 11.2. The summed E-state index contributed by atoms with van der Waals surface area (Å²) in [6, 6.07) is 19.0. The lowest BCUT2D eigenvalue weighted by Crippen LogP contribution is -2.04. The zero-order valence-electron chi connectivity index (χ0n) is 8.91. The van der Waals surface area contributed by atoms with Crippen LogP contribution in [0.1, 0.15) is 5.56 Å². The summed E-state index contributed by atoms with van der Waals surface area (Å²) in [6.45, 7) is 0.905. The summed E-state index contributed by atoms with van der Waals surface area (Å²) in [5.41, 5.74) is 2.32. The fourth-order valence-electron chi connectivity index (χ4n) is 1.50. The number of hydrogen-bond donors (Lipinski definition) is 1. The Hall–Kier alpha value is -1.47. The van der Waals surface area contributed by atoms with Gasteiger partial charge in [-0.2, -0.15) is 0 Å². The van der Waals surface area contributed by atoms with Gasteiger partial charge < -0.3 is 5.32 Å². The van der Waals surface area contributed by atoms with Gasteiger partial charge in [0.1, 0.15) is 0 Å². The third kappa shape index (κ3) is 3.28. The molecule has 0 fully saturated rings. The minimum atomic E-state index is 0.785. The fourth-order valence-corrected chi connectivity index (χ4v) is 1.62. The van der Waals surface area contributed by atoms with Crippen LogP contribution in [0, 0.1) is 6.07 Å². The third-order valence-corrected chi connectivity index (χ3v) is 2.60. The second-order valence-corrected chi connectivity index (χ2v) is 4.02. The first-order valence-electron chi connectivity index (χ1n) is 5.29. The number of hydrogen-bond acceptors (Lipinski definition) is 1. The molecule has 0 aliphatic carbocycles. The molecule has 0 aliphatic rings. The van der Waals surface area contributed by atoms with Gasteiger partial charge in [0.05, 0.1) is 0 Å². The molecule has 2 aromatic carbocycles. The second kappa shape index (κ2) is 5.57. The predicted octanol–water partition coefficient (Wildman–Crippen LogP) is 3.79. The van der Waals surface area contributed by atoms with Crippen molar-refractivity contribution in [3.8, 4) is 0 Å². The van der Waals surface area contributed by atoms with Gasteiger partial charge >= 0.3 is 0 Å². The lowest BCUT2D eigenvalue weighted by atomic mass is 10.1. The molecule has 0 saturated carbocycles. The maximum atomic E-state index is 5.82. The smallest absolute Gasteiger partial charge is 0.0420 e. The summed E-state index contributed by atoms with van der Waals surface area (Å²) in [7, 11) is 0. The molecule has 0 aliphatic heterocycles. The van der Waals surface area contributed by atoms with Crippen LogP contribution in [0.3, 0.4) is 0 Å². The molecule has 0 spiro atoms. The molecule has 2 rings (SSSR count). The van der Waals surface area contributed by atoms with Crippen LogP contribution < -0.4 is 5.32 Å². The molecular weight excluding hydrogens is 218 g/mol. The second-order valence-electron chi connectivity index (χ2n) is 3.58. The molecule has 1 radical (unpaired) electrons. The van der Waals surface area contributed by atoms with Crippen molar-refractivity contribution < 1.29 is 0 Å². The number of benzene rings is 2. The Labute approximate surface area is 101 Å². The normalized spacial score (nSPS) is 10.1. The van der Waals surface area contributed by atoms with Crippen LogP contribution in [0.15, 0.2) is 48.5 Å². The van der Waals surface area contributed by atoms with Gasteiger partial charge in [-0.3, -0.25) is 0 Å². The predicted molar refractivity (Wildman–Crippen MR) is 68.9 cm³/mol. The number of nitrogens with one attached hydrogen (secondary N) is 1. The number of halogens is 1. The van der Waals surface area contributed by atoms with E-state index in [1.807, 2.05) is 36.4 Å². The molecule has 2 heteroatoms. The SMILES string of the molecule is Clc1ccc(CCNc2[c]cccc2)cc1. The maximum absolute atomic E-state index is 5.82. The van der Waals surface area contributed by atoms with Gasteiger partial charge in [-0.05, 0) is 30.2 Å². The van der Waals surface area contributed by atoms with Crippen LogP contribution in [0.5, 0.6) is 0 Å². The number of para-hydroxylation sites is 1. The summed E-state index contributed by atoms with van der Waals surface area (Å²) in [4.78, 5) is 0. The van der Waals surface area contributed by atoms with Gasteiger partial charge in [-0.25, -0.2) is 0 Å². The van der Waals surface area contributed by atoms with E-state index in [1.54, 1.807) is 0 Å². The standard InChI is InChI=1S/C14H13ClN/c15-13-8-6-12(7-9-13)10-11-16-14-4-2-1-3-5-14/h1-4,6-9,16H,10-11H2. The summed E-state index contributed by atoms with van der Waals surface area (Å²) < 4.78 is 0. The maximum Gasteiger partial charge on any atom is 0.0420 e. The molecule has 0 heterocycles. The lowest BCUT2D eigenvalue weighted by Gasteiger charge is -2.05. The first-order chi connectivity index (χ1) is 7.84. The summed E-state index contributed by atoms with van der Waals surface area (Å²) >= 11 is 5.82. The molecule has 1 N–H and O–H groups in total. The quantitative estimate of drug-likeness (QED) is 0.843. The van der Waals surface area contributed by atoms with Crippen molar-refractivity contribution in [3.05, 3.63) is 65.2 Å². The van der Waals surface area contributed by atoms with Crippen LogP contribution in [0.4, 0.5) is 5.69 Å². The first kappa shape index (κ1) is 11.0. The first-order valence-corrected chi connectivity index (χ1v) is 5.67. The van der Waals surface area contributed by atoms with Gasteiger partial charge in [-0.15, -0.1) is 0 Å². The Morgan fingerprint density at radius 2 is 1.88 bits per heavy atom. The van der Waals surface area contributed by atoms with Crippen molar-refractivity contribution >= 4 is 17.3 Å². The number of rotatable bonds is 4. The van der Waals surface area contributed by atoms with E-state index in [0.717, 1.165) is 23.7 Å². The van der Waals surface area contributed by atoms with E-state index in [9.17, 15) is 0 Å². The molecule has 81 valence electrons. The minimum Gasteiger partial charge on any atom is -0.384 e. The van der Waals surface area contributed by atoms with E-state index in [0.29, 0.717) is 0 Å². The molecule has 0 atom stereocenters. The van der Waals surface area contributed by atoms with Crippen LogP contribution >= 0.6 is 11.6 Å². The monoisotopic (exact) mass is 230 g/mol. The molecular formula is C14H13ClN. The van der Waals surface area contributed by atoms with Crippen LogP contribution in [-0.2, 0) is 6.42 Å². The largest absolute Gasteiger partial charge is 0.384 e. The van der Waals surface area contributed by atoms with E-state index < -0.39 is 0 Å². The molecule has 0 aromatic heterocycles. The Bertz CT molecular complexity index is 422. The van der Waals surface area contributed by atoms with Crippen molar-refractivity contribution in [3.63, 3.8) is 0 Å². The Balaban J connectivity index is 1.82. The van der Waals surface area contributed by atoms with Crippen molar-refractivity contribution in [1.29, 1.82) is 0 Å². The van der Waals surface area contributed by atoms with Crippen LogP contribution in [0.25, 0.3) is 0 Å². The fraction of sp³-hybridized carbons (Fsp3) is 0.143. The van der Waals surface area contributed by atoms with Gasteiger partial charge in [0.2, 0.25) is 0 Å². The van der Waals surface area contributed by atoms with Crippen molar-refractivity contribution in [1.82, 2.24) is 0 Å². The highest BCUT2D eigenvalue weighted by Crippen LogP contribution is 2.10.